The van der Waals surface area contributed by atoms with E-state index in [-0.39, 0.29) is 0 Å². The van der Waals surface area contributed by atoms with E-state index in [1.165, 1.54) is 0 Å². The zero-order valence-electron chi connectivity index (χ0n) is 10.4. The molecule has 2 aromatic carbocycles. The molecule has 5 heteroatoms. The van der Waals surface area contributed by atoms with E-state index in [1.807, 2.05) is 48.5 Å². The summed E-state index contributed by atoms with van der Waals surface area (Å²) in [5.41, 5.74) is 1.79. The van der Waals surface area contributed by atoms with Gasteiger partial charge in [0.05, 0.1) is 11.6 Å². The van der Waals surface area contributed by atoms with Crippen LogP contribution in [0.4, 0.5) is 0 Å². The van der Waals surface area contributed by atoms with Crippen molar-refractivity contribution in [2.24, 2.45) is 5.16 Å². The Bertz CT molecular complexity index is 579. The normalized spacial score (nSPS) is 14.1. The highest BCUT2D eigenvalue weighted by molar-refractivity contribution is 6.69. The molecule has 0 bridgehead atoms. The first-order valence-corrected chi connectivity index (χ1v) is 7.06. The van der Waals surface area contributed by atoms with Gasteiger partial charge in [0.2, 0.25) is 3.79 Å². The van der Waals surface area contributed by atoms with Gasteiger partial charge >= 0.3 is 0 Å². The van der Waals surface area contributed by atoms with Crippen LogP contribution in [0.2, 0.25) is 0 Å². The third-order valence-corrected chi connectivity index (χ3v) is 3.57. The van der Waals surface area contributed by atoms with Crippen molar-refractivity contribution in [3.05, 3.63) is 71.8 Å². The number of alkyl halides is 3. The molecule has 2 aromatic rings. The molecule has 104 valence electrons. The Morgan fingerprint density at radius 2 is 1.40 bits per heavy atom. The molecule has 0 aliphatic rings. The highest BCUT2D eigenvalue weighted by Gasteiger charge is 2.38. The molecule has 0 spiro atoms. The maximum atomic E-state index is 9.39. The van der Waals surface area contributed by atoms with Crippen molar-refractivity contribution >= 4 is 40.5 Å². The lowest BCUT2D eigenvalue weighted by Crippen LogP contribution is -2.26. The van der Waals surface area contributed by atoms with Crippen LogP contribution in [0.15, 0.2) is 65.8 Å². The van der Waals surface area contributed by atoms with Crippen molar-refractivity contribution in [1.29, 1.82) is 0 Å². The molecule has 0 amide bonds. The van der Waals surface area contributed by atoms with Crippen LogP contribution in [0.3, 0.4) is 0 Å². The SMILES string of the molecule is O/N=C(\c1ccccc1)C(c1ccccc1)C(Cl)(Cl)Cl. The number of hydrogen-bond acceptors (Lipinski definition) is 2. The van der Waals surface area contributed by atoms with E-state index in [0.717, 1.165) is 5.56 Å². The quantitative estimate of drug-likeness (QED) is 0.365. The van der Waals surface area contributed by atoms with E-state index in [4.69, 9.17) is 34.8 Å². The lowest BCUT2D eigenvalue weighted by molar-refractivity contribution is 0.317. The summed E-state index contributed by atoms with van der Waals surface area (Å²) < 4.78 is -1.63. The fourth-order valence-electron chi connectivity index (χ4n) is 2.04. The predicted molar refractivity (Wildman–Crippen MR) is 84.2 cm³/mol. The number of halogens is 3. The molecule has 2 rings (SSSR count). The summed E-state index contributed by atoms with van der Waals surface area (Å²) in [5, 5.41) is 12.8. The summed E-state index contributed by atoms with van der Waals surface area (Å²) in [6.07, 6.45) is 0. The number of rotatable bonds is 3. The van der Waals surface area contributed by atoms with Crippen molar-refractivity contribution in [2.45, 2.75) is 9.71 Å². The summed E-state index contributed by atoms with van der Waals surface area (Å²) in [6.45, 7) is 0. The Morgan fingerprint density at radius 3 is 1.85 bits per heavy atom. The van der Waals surface area contributed by atoms with Crippen LogP contribution in [0.1, 0.15) is 17.0 Å². The van der Waals surface area contributed by atoms with Gasteiger partial charge in [0, 0.05) is 5.56 Å². The molecule has 20 heavy (non-hydrogen) atoms. The Labute approximate surface area is 132 Å². The summed E-state index contributed by atoms with van der Waals surface area (Å²) in [5.74, 6) is -0.666. The highest BCUT2D eigenvalue weighted by Crippen LogP contribution is 2.43. The van der Waals surface area contributed by atoms with Gasteiger partial charge in [-0.25, -0.2) is 0 Å². The molecule has 0 saturated carbocycles. The monoisotopic (exact) mass is 327 g/mol. The number of benzene rings is 2. The molecule has 0 heterocycles. The first-order valence-electron chi connectivity index (χ1n) is 5.93. The Kier molecular flexibility index (Phi) is 4.92. The van der Waals surface area contributed by atoms with Gasteiger partial charge < -0.3 is 5.21 Å². The third kappa shape index (κ3) is 3.45. The van der Waals surface area contributed by atoms with Crippen LogP contribution < -0.4 is 0 Å². The van der Waals surface area contributed by atoms with E-state index >= 15 is 0 Å². The Morgan fingerprint density at radius 1 is 0.900 bits per heavy atom. The van der Waals surface area contributed by atoms with Gasteiger partial charge in [-0.15, -0.1) is 0 Å². The molecule has 0 aromatic heterocycles. The summed E-state index contributed by atoms with van der Waals surface area (Å²) in [4.78, 5) is 0. The van der Waals surface area contributed by atoms with Crippen LogP contribution in [-0.4, -0.2) is 14.7 Å². The van der Waals surface area contributed by atoms with Crippen LogP contribution in [-0.2, 0) is 0 Å². The van der Waals surface area contributed by atoms with E-state index in [9.17, 15) is 5.21 Å². The van der Waals surface area contributed by atoms with Crippen LogP contribution >= 0.6 is 34.8 Å². The molecule has 1 atom stereocenters. The molecule has 0 aliphatic heterocycles. The van der Waals surface area contributed by atoms with Crippen molar-refractivity contribution in [3.63, 3.8) is 0 Å². The lowest BCUT2D eigenvalue weighted by Gasteiger charge is -2.25. The largest absolute Gasteiger partial charge is 0.411 e. The molecule has 2 nitrogen and oxygen atoms in total. The summed E-state index contributed by atoms with van der Waals surface area (Å²) in [7, 11) is 0. The molecule has 0 fully saturated rings. The van der Waals surface area contributed by atoms with Gasteiger partial charge in [0.15, 0.2) is 0 Å². The molecule has 1 N–H and O–H groups in total. The topological polar surface area (TPSA) is 32.6 Å². The van der Waals surface area contributed by atoms with Gasteiger partial charge in [-0.3, -0.25) is 0 Å². The molecule has 1 unspecified atom stereocenters. The second kappa shape index (κ2) is 6.49. The van der Waals surface area contributed by atoms with E-state index in [2.05, 4.69) is 5.16 Å². The van der Waals surface area contributed by atoms with Crippen LogP contribution in [0, 0.1) is 0 Å². The molecule has 0 radical (unpaired) electrons. The van der Waals surface area contributed by atoms with Crippen molar-refractivity contribution in [2.75, 3.05) is 0 Å². The van der Waals surface area contributed by atoms with Gasteiger partial charge in [0.1, 0.15) is 0 Å². The fraction of sp³-hybridized carbons (Fsp3) is 0.133. The van der Waals surface area contributed by atoms with Crippen molar-refractivity contribution < 1.29 is 5.21 Å². The highest BCUT2D eigenvalue weighted by atomic mass is 35.6. The number of hydrogen-bond donors (Lipinski definition) is 1. The number of nitrogens with zero attached hydrogens (tertiary/aromatic N) is 1. The predicted octanol–water partition coefficient (Wildman–Crippen LogP) is 5.02. The van der Waals surface area contributed by atoms with Gasteiger partial charge in [0.25, 0.3) is 0 Å². The Hall–Kier alpha value is -1.22. The second-order valence-electron chi connectivity index (χ2n) is 4.24. The van der Waals surface area contributed by atoms with E-state index < -0.39 is 9.71 Å². The molecular formula is C15H12Cl3NO. The van der Waals surface area contributed by atoms with Gasteiger partial charge in [-0.1, -0.05) is 101 Å². The fourth-order valence-corrected chi connectivity index (χ4v) is 2.73. The zero-order valence-corrected chi connectivity index (χ0v) is 12.6. The first-order chi connectivity index (χ1) is 9.54. The molecular weight excluding hydrogens is 317 g/mol. The van der Waals surface area contributed by atoms with Gasteiger partial charge in [-0.2, -0.15) is 0 Å². The maximum absolute atomic E-state index is 9.39. The first kappa shape index (κ1) is 15.2. The van der Waals surface area contributed by atoms with Crippen LogP contribution in [0.25, 0.3) is 0 Å². The minimum Gasteiger partial charge on any atom is -0.411 e. The van der Waals surface area contributed by atoms with Crippen molar-refractivity contribution in [3.8, 4) is 0 Å². The average Bonchev–Trinajstić information content (AvgIpc) is 2.45. The second-order valence-corrected chi connectivity index (χ2v) is 6.61. The standard InChI is InChI=1S/C15H12Cl3NO/c16-15(17,18)13(11-7-3-1-4-8-11)14(19-20)12-9-5-2-6-10-12/h1-10,13,20H/b19-14+. The third-order valence-electron chi connectivity index (χ3n) is 2.91. The van der Waals surface area contributed by atoms with E-state index in [0.29, 0.717) is 11.3 Å². The average molecular weight is 329 g/mol. The smallest absolute Gasteiger partial charge is 0.203 e. The zero-order chi connectivity index (χ0) is 14.6. The molecule has 0 saturated heterocycles. The van der Waals surface area contributed by atoms with Gasteiger partial charge in [-0.05, 0) is 5.56 Å². The lowest BCUT2D eigenvalue weighted by atomic mass is 9.91. The minimum atomic E-state index is -1.63. The van der Waals surface area contributed by atoms with Crippen LogP contribution in [0.5, 0.6) is 0 Å². The maximum Gasteiger partial charge on any atom is 0.203 e. The summed E-state index contributed by atoms with van der Waals surface area (Å²) >= 11 is 18.3. The Balaban J connectivity index is 2.52. The number of oxime groups is 1. The minimum absolute atomic E-state index is 0.316. The van der Waals surface area contributed by atoms with E-state index in [1.54, 1.807) is 12.1 Å². The van der Waals surface area contributed by atoms with Crippen molar-refractivity contribution in [1.82, 2.24) is 0 Å². The summed E-state index contributed by atoms with van der Waals surface area (Å²) in [6, 6.07) is 18.4. The molecule has 0 aliphatic carbocycles.